The summed E-state index contributed by atoms with van der Waals surface area (Å²) in [5.74, 6) is 1.46. The quantitative estimate of drug-likeness (QED) is 0.191. The highest BCUT2D eigenvalue weighted by atomic mass is 127. The predicted molar refractivity (Wildman–Crippen MR) is 127 cm³/mol. The summed E-state index contributed by atoms with van der Waals surface area (Å²) in [6.45, 7) is 6.30. The number of ether oxygens (including phenoxy) is 3. The highest BCUT2D eigenvalue weighted by Gasteiger charge is 2.33. The molecule has 1 fully saturated rings. The number of aliphatic imine (C=N–C) groups is 1. The van der Waals surface area contributed by atoms with Crippen molar-refractivity contribution in [1.82, 2.24) is 15.6 Å². The topological polar surface area (TPSA) is 77.0 Å². The fraction of sp³-hybridized carbons (Fsp3) is 0.714. The number of methoxy groups -OCH3 is 2. The molecule has 1 aromatic heterocycles. The molecule has 1 heterocycles. The molecule has 0 radical (unpaired) electrons. The first-order valence-corrected chi connectivity index (χ1v) is 10.3. The van der Waals surface area contributed by atoms with Gasteiger partial charge in [-0.05, 0) is 37.2 Å². The van der Waals surface area contributed by atoms with Crippen molar-refractivity contribution in [2.45, 2.75) is 45.6 Å². The molecule has 0 saturated heterocycles. The maximum atomic E-state index is 5.50. The second kappa shape index (κ2) is 14.8. The van der Waals surface area contributed by atoms with Crippen LogP contribution in [0.15, 0.2) is 23.3 Å². The van der Waals surface area contributed by atoms with Gasteiger partial charge in [-0.3, -0.25) is 0 Å². The Morgan fingerprint density at radius 1 is 1.10 bits per heavy atom. The van der Waals surface area contributed by atoms with Gasteiger partial charge in [0.1, 0.15) is 6.61 Å². The molecule has 0 spiro atoms. The summed E-state index contributed by atoms with van der Waals surface area (Å²) in [5, 5.41) is 6.90. The van der Waals surface area contributed by atoms with Crippen molar-refractivity contribution in [3.63, 3.8) is 0 Å². The molecular formula is C21H37IN4O3. The SMILES string of the molecule is CCNC(=NCc1ccc(OCCOC)nc1)NCC1(CCOC)CCCC1.I. The number of halogens is 1. The Labute approximate surface area is 192 Å². The lowest BCUT2D eigenvalue weighted by molar-refractivity contribution is 0.138. The van der Waals surface area contributed by atoms with Crippen molar-refractivity contribution in [3.8, 4) is 5.88 Å². The van der Waals surface area contributed by atoms with Crippen LogP contribution in [-0.4, -0.2) is 58.1 Å². The minimum Gasteiger partial charge on any atom is -0.475 e. The van der Waals surface area contributed by atoms with Crippen molar-refractivity contribution in [2.24, 2.45) is 10.4 Å². The molecule has 29 heavy (non-hydrogen) atoms. The van der Waals surface area contributed by atoms with Crippen LogP contribution in [0.2, 0.25) is 0 Å². The van der Waals surface area contributed by atoms with Crippen molar-refractivity contribution in [3.05, 3.63) is 23.9 Å². The van der Waals surface area contributed by atoms with Crippen molar-refractivity contribution in [2.75, 3.05) is 47.1 Å². The molecule has 0 atom stereocenters. The van der Waals surface area contributed by atoms with Gasteiger partial charge in [0.05, 0.1) is 13.2 Å². The standard InChI is InChI=1S/C21H36N4O3.HI/c1-4-22-20(25-17-21(11-12-26-2)9-5-6-10-21)24-16-18-7-8-19(23-15-18)28-14-13-27-3;/h7-8,15H,4-6,9-14,16-17H2,1-3H3,(H2,22,24,25);1H. The molecule has 1 aliphatic rings. The summed E-state index contributed by atoms with van der Waals surface area (Å²) in [6, 6.07) is 3.87. The molecule has 0 bridgehead atoms. The molecule has 2 rings (SSSR count). The minimum absolute atomic E-state index is 0. The van der Waals surface area contributed by atoms with E-state index in [2.05, 4.69) is 22.5 Å². The molecule has 0 unspecified atom stereocenters. The van der Waals surface area contributed by atoms with Crippen LogP contribution < -0.4 is 15.4 Å². The molecule has 166 valence electrons. The Bertz CT molecular complexity index is 578. The monoisotopic (exact) mass is 520 g/mol. The number of nitrogens with one attached hydrogen (secondary N) is 2. The maximum absolute atomic E-state index is 5.50. The van der Waals surface area contributed by atoms with E-state index in [0.717, 1.165) is 37.6 Å². The summed E-state index contributed by atoms with van der Waals surface area (Å²) in [7, 11) is 3.43. The highest BCUT2D eigenvalue weighted by Crippen LogP contribution is 2.40. The number of hydrogen-bond donors (Lipinski definition) is 2. The minimum atomic E-state index is 0. The molecule has 8 heteroatoms. The third kappa shape index (κ3) is 9.48. The van der Waals surface area contributed by atoms with Gasteiger partial charge in [-0.1, -0.05) is 18.9 Å². The Morgan fingerprint density at radius 2 is 1.86 bits per heavy atom. The zero-order valence-electron chi connectivity index (χ0n) is 18.0. The van der Waals surface area contributed by atoms with Crippen LogP contribution in [0.1, 0.15) is 44.6 Å². The van der Waals surface area contributed by atoms with Crippen molar-refractivity contribution in [1.29, 1.82) is 0 Å². The van der Waals surface area contributed by atoms with Gasteiger partial charge >= 0.3 is 0 Å². The summed E-state index contributed by atoms with van der Waals surface area (Å²) in [6.07, 6.45) is 8.05. The van der Waals surface area contributed by atoms with Crippen LogP contribution in [-0.2, 0) is 16.0 Å². The zero-order chi connectivity index (χ0) is 20.1. The van der Waals surface area contributed by atoms with E-state index < -0.39 is 0 Å². The molecule has 1 saturated carbocycles. The first-order chi connectivity index (χ1) is 13.7. The summed E-state index contributed by atoms with van der Waals surface area (Å²) >= 11 is 0. The molecule has 2 N–H and O–H groups in total. The predicted octanol–water partition coefficient (Wildman–Crippen LogP) is 3.38. The number of hydrogen-bond acceptors (Lipinski definition) is 5. The average Bonchev–Trinajstić information content (AvgIpc) is 3.19. The van der Waals surface area contributed by atoms with Gasteiger partial charge in [0.2, 0.25) is 5.88 Å². The first kappa shape index (κ1) is 25.9. The van der Waals surface area contributed by atoms with E-state index in [1.54, 1.807) is 14.2 Å². The van der Waals surface area contributed by atoms with Gasteiger partial charge in [0.25, 0.3) is 0 Å². The Kier molecular flexibility index (Phi) is 13.2. The van der Waals surface area contributed by atoms with Gasteiger partial charge < -0.3 is 24.8 Å². The van der Waals surface area contributed by atoms with Crippen molar-refractivity contribution >= 4 is 29.9 Å². The van der Waals surface area contributed by atoms with E-state index in [4.69, 9.17) is 19.2 Å². The van der Waals surface area contributed by atoms with E-state index in [1.807, 2.05) is 18.3 Å². The van der Waals surface area contributed by atoms with E-state index in [-0.39, 0.29) is 24.0 Å². The van der Waals surface area contributed by atoms with E-state index in [0.29, 0.717) is 31.1 Å². The maximum Gasteiger partial charge on any atom is 0.213 e. The van der Waals surface area contributed by atoms with E-state index in [1.165, 1.54) is 25.7 Å². The second-order valence-electron chi connectivity index (χ2n) is 7.34. The lowest BCUT2D eigenvalue weighted by Crippen LogP contribution is -2.43. The van der Waals surface area contributed by atoms with E-state index in [9.17, 15) is 0 Å². The van der Waals surface area contributed by atoms with Crippen LogP contribution in [0.4, 0.5) is 0 Å². The molecule has 0 aromatic carbocycles. The fourth-order valence-electron chi connectivity index (χ4n) is 3.56. The number of nitrogens with zero attached hydrogens (tertiary/aromatic N) is 2. The molecule has 0 aliphatic heterocycles. The smallest absolute Gasteiger partial charge is 0.213 e. The normalized spacial score (nSPS) is 15.6. The number of aromatic nitrogens is 1. The van der Waals surface area contributed by atoms with Crippen LogP contribution >= 0.6 is 24.0 Å². The first-order valence-electron chi connectivity index (χ1n) is 10.3. The number of rotatable bonds is 12. The van der Waals surface area contributed by atoms with Gasteiger partial charge in [-0.15, -0.1) is 24.0 Å². The Hall–Kier alpha value is -1.13. The van der Waals surface area contributed by atoms with E-state index >= 15 is 0 Å². The third-order valence-corrected chi connectivity index (χ3v) is 5.23. The Balaban J connectivity index is 0.00000420. The number of guanidine groups is 1. The molecule has 7 nitrogen and oxygen atoms in total. The Morgan fingerprint density at radius 3 is 2.48 bits per heavy atom. The zero-order valence-corrected chi connectivity index (χ0v) is 20.4. The lowest BCUT2D eigenvalue weighted by atomic mass is 9.83. The molecule has 1 aromatic rings. The molecular weight excluding hydrogens is 483 g/mol. The lowest BCUT2D eigenvalue weighted by Gasteiger charge is -2.30. The van der Waals surface area contributed by atoms with Crippen LogP contribution in [0.25, 0.3) is 0 Å². The second-order valence-corrected chi connectivity index (χ2v) is 7.34. The van der Waals surface area contributed by atoms with Gasteiger partial charge in [0, 0.05) is 46.2 Å². The summed E-state index contributed by atoms with van der Waals surface area (Å²) in [4.78, 5) is 9.05. The molecule has 0 amide bonds. The van der Waals surface area contributed by atoms with Gasteiger partial charge in [0.15, 0.2) is 5.96 Å². The highest BCUT2D eigenvalue weighted by molar-refractivity contribution is 14.0. The largest absolute Gasteiger partial charge is 0.475 e. The van der Waals surface area contributed by atoms with Crippen LogP contribution in [0.3, 0.4) is 0 Å². The van der Waals surface area contributed by atoms with Crippen LogP contribution in [0, 0.1) is 5.41 Å². The van der Waals surface area contributed by atoms with Gasteiger partial charge in [-0.2, -0.15) is 0 Å². The average molecular weight is 520 g/mol. The van der Waals surface area contributed by atoms with Crippen molar-refractivity contribution < 1.29 is 14.2 Å². The summed E-state index contributed by atoms with van der Waals surface area (Å²) < 4.78 is 15.8. The van der Waals surface area contributed by atoms with Gasteiger partial charge in [-0.25, -0.2) is 9.98 Å². The third-order valence-electron chi connectivity index (χ3n) is 5.23. The van der Waals surface area contributed by atoms with Crippen LogP contribution in [0.5, 0.6) is 5.88 Å². The fourth-order valence-corrected chi connectivity index (χ4v) is 3.56. The molecule has 1 aliphatic carbocycles. The number of pyridine rings is 1. The summed E-state index contributed by atoms with van der Waals surface area (Å²) in [5.41, 5.74) is 1.38.